The molecular formula is C13H14N2O3. The maximum atomic E-state index is 11.1. The smallest absolute Gasteiger partial charge is 0.405 e. The molecule has 18 heavy (non-hydrogen) atoms. The Morgan fingerprint density at radius 3 is 2.72 bits per heavy atom. The number of fused-ring (bicyclic) bond motifs is 1. The Labute approximate surface area is 105 Å². The fourth-order valence-electron chi connectivity index (χ4n) is 2.04. The minimum absolute atomic E-state index is 0.192. The predicted octanol–water partition coefficient (Wildman–Crippen LogP) is 1.35. The summed E-state index contributed by atoms with van der Waals surface area (Å²) in [4.78, 5) is 22.1. The zero-order valence-corrected chi connectivity index (χ0v) is 9.92. The van der Waals surface area contributed by atoms with Gasteiger partial charge in [0, 0.05) is 12.5 Å². The molecule has 2 amide bonds. The summed E-state index contributed by atoms with van der Waals surface area (Å²) in [5.41, 5.74) is 6.86. The molecule has 2 atom stereocenters. The van der Waals surface area contributed by atoms with E-state index in [4.69, 9.17) is 10.5 Å². The first kappa shape index (κ1) is 12.2. The fraction of sp³-hybridized carbons (Fsp3) is 0.231. The van der Waals surface area contributed by atoms with Gasteiger partial charge in [0.25, 0.3) is 0 Å². The zero-order chi connectivity index (χ0) is 13.1. The molecule has 0 saturated heterocycles. The van der Waals surface area contributed by atoms with Crippen LogP contribution in [0.3, 0.4) is 0 Å². The number of hydrogen-bond acceptors (Lipinski definition) is 3. The van der Waals surface area contributed by atoms with Crippen molar-refractivity contribution in [3.05, 3.63) is 41.5 Å². The van der Waals surface area contributed by atoms with Gasteiger partial charge < -0.3 is 15.8 Å². The van der Waals surface area contributed by atoms with Crippen LogP contribution >= 0.6 is 0 Å². The van der Waals surface area contributed by atoms with Crippen LogP contribution in [0.2, 0.25) is 0 Å². The van der Waals surface area contributed by atoms with Crippen molar-refractivity contribution in [2.24, 2.45) is 5.73 Å². The normalized spacial score (nSPS) is 20.9. The summed E-state index contributed by atoms with van der Waals surface area (Å²) >= 11 is 0. The van der Waals surface area contributed by atoms with E-state index in [0.29, 0.717) is 0 Å². The number of carbonyl (C=O) groups excluding carboxylic acids is 2. The molecule has 3 N–H and O–H groups in total. The van der Waals surface area contributed by atoms with Crippen molar-refractivity contribution < 1.29 is 14.3 Å². The Hall–Kier alpha value is -2.30. The van der Waals surface area contributed by atoms with Crippen LogP contribution in [-0.4, -0.2) is 18.0 Å². The Balaban J connectivity index is 2.34. The molecule has 0 bridgehead atoms. The SMILES string of the molecule is CC(=O)N[C@H]1C=Cc2ccccc2[C@H]1OC(N)=O. The molecule has 1 aromatic rings. The van der Waals surface area contributed by atoms with Gasteiger partial charge in [0.05, 0.1) is 6.04 Å². The Morgan fingerprint density at radius 2 is 2.06 bits per heavy atom. The van der Waals surface area contributed by atoms with Gasteiger partial charge in [-0.2, -0.15) is 0 Å². The topological polar surface area (TPSA) is 81.4 Å². The number of hydrogen-bond donors (Lipinski definition) is 2. The highest BCUT2D eigenvalue weighted by Gasteiger charge is 2.29. The van der Waals surface area contributed by atoms with Crippen LogP contribution in [0, 0.1) is 0 Å². The van der Waals surface area contributed by atoms with Gasteiger partial charge in [0.2, 0.25) is 5.91 Å². The highest BCUT2D eigenvalue weighted by atomic mass is 16.6. The van der Waals surface area contributed by atoms with Gasteiger partial charge in [-0.15, -0.1) is 0 Å². The van der Waals surface area contributed by atoms with Gasteiger partial charge in [-0.05, 0) is 5.56 Å². The average molecular weight is 246 g/mol. The van der Waals surface area contributed by atoms with Crippen LogP contribution in [0.25, 0.3) is 6.08 Å². The molecule has 0 saturated carbocycles. The average Bonchev–Trinajstić information content (AvgIpc) is 2.31. The molecule has 94 valence electrons. The Kier molecular flexibility index (Phi) is 3.32. The first-order valence-corrected chi connectivity index (χ1v) is 5.58. The highest BCUT2D eigenvalue weighted by Crippen LogP contribution is 2.30. The third-order valence-corrected chi connectivity index (χ3v) is 2.72. The lowest BCUT2D eigenvalue weighted by Crippen LogP contribution is -2.40. The van der Waals surface area contributed by atoms with Gasteiger partial charge in [-0.1, -0.05) is 36.4 Å². The Morgan fingerprint density at radius 1 is 1.33 bits per heavy atom. The summed E-state index contributed by atoms with van der Waals surface area (Å²) in [6, 6.07) is 7.10. The molecular weight excluding hydrogens is 232 g/mol. The van der Waals surface area contributed by atoms with Crippen molar-refractivity contribution in [2.75, 3.05) is 0 Å². The second kappa shape index (κ2) is 4.91. The van der Waals surface area contributed by atoms with Gasteiger partial charge >= 0.3 is 6.09 Å². The van der Waals surface area contributed by atoms with Crippen molar-refractivity contribution in [1.29, 1.82) is 0 Å². The van der Waals surface area contributed by atoms with E-state index < -0.39 is 18.2 Å². The summed E-state index contributed by atoms with van der Waals surface area (Å²) in [5, 5.41) is 2.72. The summed E-state index contributed by atoms with van der Waals surface area (Å²) < 4.78 is 5.10. The highest BCUT2D eigenvalue weighted by molar-refractivity contribution is 5.75. The maximum Gasteiger partial charge on any atom is 0.405 e. The first-order valence-electron chi connectivity index (χ1n) is 5.58. The third kappa shape index (κ3) is 2.51. The summed E-state index contributed by atoms with van der Waals surface area (Å²) in [5.74, 6) is -0.192. The van der Waals surface area contributed by atoms with Gasteiger partial charge in [0.15, 0.2) is 6.10 Å². The van der Waals surface area contributed by atoms with E-state index in [1.165, 1.54) is 6.92 Å². The monoisotopic (exact) mass is 246 g/mol. The quantitative estimate of drug-likeness (QED) is 0.826. The number of amides is 2. The number of carbonyl (C=O) groups is 2. The number of nitrogens with two attached hydrogens (primary N) is 1. The van der Waals surface area contributed by atoms with Crippen LogP contribution < -0.4 is 11.1 Å². The number of rotatable bonds is 2. The van der Waals surface area contributed by atoms with Crippen molar-refractivity contribution >= 4 is 18.1 Å². The molecule has 0 fully saturated rings. The minimum atomic E-state index is -0.861. The summed E-state index contributed by atoms with van der Waals surface area (Å²) in [6.07, 6.45) is 2.22. The number of benzene rings is 1. The molecule has 1 aliphatic carbocycles. The van der Waals surface area contributed by atoms with Crippen LogP contribution in [-0.2, 0) is 9.53 Å². The molecule has 1 aromatic carbocycles. The van der Waals surface area contributed by atoms with Gasteiger partial charge in [-0.25, -0.2) is 4.79 Å². The molecule has 0 unspecified atom stereocenters. The van der Waals surface area contributed by atoms with Crippen molar-refractivity contribution in [3.63, 3.8) is 0 Å². The van der Waals surface area contributed by atoms with E-state index in [2.05, 4.69) is 5.32 Å². The molecule has 2 rings (SSSR count). The van der Waals surface area contributed by atoms with Crippen molar-refractivity contribution in [3.8, 4) is 0 Å². The zero-order valence-electron chi connectivity index (χ0n) is 9.92. The molecule has 0 spiro atoms. The van der Waals surface area contributed by atoms with E-state index in [1.807, 2.05) is 30.3 Å². The second-order valence-corrected chi connectivity index (χ2v) is 4.07. The summed E-state index contributed by atoms with van der Waals surface area (Å²) in [6.45, 7) is 1.41. The van der Waals surface area contributed by atoms with Gasteiger partial charge in [-0.3, -0.25) is 4.79 Å². The lowest BCUT2D eigenvalue weighted by atomic mass is 9.91. The molecule has 0 heterocycles. The molecule has 0 aromatic heterocycles. The van der Waals surface area contributed by atoms with Crippen molar-refractivity contribution in [2.45, 2.75) is 19.1 Å². The molecule has 0 radical (unpaired) electrons. The second-order valence-electron chi connectivity index (χ2n) is 4.07. The molecule has 5 nitrogen and oxygen atoms in total. The predicted molar refractivity (Wildman–Crippen MR) is 66.5 cm³/mol. The minimum Gasteiger partial charge on any atom is -0.439 e. The Bertz CT molecular complexity index is 511. The third-order valence-electron chi connectivity index (χ3n) is 2.72. The number of nitrogens with one attached hydrogen (secondary N) is 1. The number of primary amides is 1. The summed E-state index contributed by atoms with van der Waals surface area (Å²) in [7, 11) is 0. The lowest BCUT2D eigenvalue weighted by molar-refractivity contribution is -0.120. The maximum absolute atomic E-state index is 11.1. The van der Waals surface area contributed by atoms with Crippen LogP contribution in [0.4, 0.5) is 4.79 Å². The van der Waals surface area contributed by atoms with E-state index >= 15 is 0 Å². The van der Waals surface area contributed by atoms with Crippen LogP contribution in [0.1, 0.15) is 24.2 Å². The van der Waals surface area contributed by atoms with E-state index in [0.717, 1.165) is 11.1 Å². The molecule has 5 heteroatoms. The van der Waals surface area contributed by atoms with Crippen LogP contribution in [0.15, 0.2) is 30.3 Å². The molecule has 1 aliphatic rings. The fourth-order valence-corrected chi connectivity index (χ4v) is 2.04. The van der Waals surface area contributed by atoms with Crippen molar-refractivity contribution in [1.82, 2.24) is 5.32 Å². The van der Waals surface area contributed by atoms with E-state index in [9.17, 15) is 9.59 Å². The van der Waals surface area contributed by atoms with E-state index in [-0.39, 0.29) is 5.91 Å². The standard InChI is InChI=1S/C13H14N2O3/c1-8(16)15-11-7-6-9-4-2-3-5-10(9)12(11)18-13(14)17/h2-7,11-12H,1H3,(H2,14,17)(H,15,16)/t11-,12+/m0/s1. The van der Waals surface area contributed by atoms with Gasteiger partial charge in [0.1, 0.15) is 0 Å². The molecule has 0 aliphatic heterocycles. The van der Waals surface area contributed by atoms with Crippen LogP contribution in [0.5, 0.6) is 0 Å². The largest absolute Gasteiger partial charge is 0.439 e. The first-order chi connectivity index (χ1) is 8.58. The number of ether oxygens (including phenoxy) is 1. The van der Waals surface area contributed by atoms with E-state index in [1.54, 1.807) is 6.08 Å². The lowest BCUT2D eigenvalue weighted by Gasteiger charge is -2.29.